The molecule has 0 bridgehead atoms. The molecule has 2 aromatic rings. The summed E-state index contributed by atoms with van der Waals surface area (Å²) in [5, 5.41) is 22.5. The number of hydrogen-bond donors (Lipinski definition) is 2. The van der Waals surface area contributed by atoms with Crippen molar-refractivity contribution in [2.75, 3.05) is 0 Å². The van der Waals surface area contributed by atoms with E-state index in [1.165, 1.54) is 11.8 Å². The van der Waals surface area contributed by atoms with Crippen molar-refractivity contribution < 1.29 is 10.4 Å². The van der Waals surface area contributed by atoms with Gasteiger partial charge in [0.1, 0.15) is 0 Å². The van der Waals surface area contributed by atoms with Crippen LogP contribution in [0.1, 0.15) is 22.3 Å². The summed E-state index contributed by atoms with van der Waals surface area (Å²) in [6.07, 6.45) is 1.39. The first-order valence-electron chi connectivity index (χ1n) is 6.46. The molecule has 0 saturated heterocycles. The average Bonchev–Trinajstić information content (AvgIpc) is 2.54. The zero-order valence-electron chi connectivity index (χ0n) is 12.5. The van der Waals surface area contributed by atoms with Crippen molar-refractivity contribution in [2.45, 2.75) is 13.8 Å². The minimum Gasteiger partial charge on any atom is -0.411 e. The zero-order chi connectivity index (χ0) is 17.4. The lowest BCUT2D eigenvalue weighted by Crippen LogP contribution is -1.91. The smallest absolute Gasteiger partial charge is 0.175 e. The Bertz CT molecular complexity index is 734. The lowest BCUT2D eigenvalue weighted by Gasteiger charge is -2.00. The second kappa shape index (κ2) is 9.70. The highest BCUT2D eigenvalue weighted by atomic mass is 79.9. The first kappa shape index (κ1) is 19.7. The SMILES string of the molecule is Cc1ccc(/C(Cl)=N/O)cc1Br.Cc1ccc(/C=N/O)cc1Br. The highest BCUT2D eigenvalue weighted by molar-refractivity contribution is 9.10. The Labute approximate surface area is 156 Å². The summed E-state index contributed by atoms with van der Waals surface area (Å²) in [5.41, 5.74) is 3.85. The van der Waals surface area contributed by atoms with Gasteiger partial charge in [0.2, 0.25) is 0 Å². The second-order valence-corrected chi connectivity index (χ2v) is 6.67. The number of nitrogens with zero attached hydrogens (tertiary/aromatic N) is 2. The van der Waals surface area contributed by atoms with Crippen molar-refractivity contribution in [3.05, 3.63) is 67.6 Å². The maximum Gasteiger partial charge on any atom is 0.175 e. The molecule has 0 amide bonds. The van der Waals surface area contributed by atoms with Crippen LogP contribution in [0.3, 0.4) is 0 Å². The minimum absolute atomic E-state index is 0.0932. The number of hydrogen-bond acceptors (Lipinski definition) is 4. The summed E-state index contributed by atoms with van der Waals surface area (Å²) >= 11 is 12.3. The van der Waals surface area contributed by atoms with Crippen molar-refractivity contribution in [3.8, 4) is 0 Å². The van der Waals surface area contributed by atoms with E-state index in [-0.39, 0.29) is 5.17 Å². The van der Waals surface area contributed by atoms with Crippen LogP contribution >= 0.6 is 43.5 Å². The van der Waals surface area contributed by atoms with Gasteiger partial charge in [0.15, 0.2) is 5.17 Å². The average molecular weight is 463 g/mol. The largest absolute Gasteiger partial charge is 0.411 e. The van der Waals surface area contributed by atoms with E-state index in [0.717, 1.165) is 20.1 Å². The van der Waals surface area contributed by atoms with Crippen LogP contribution in [0, 0.1) is 13.8 Å². The van der Waals surface area contributed by atoms with Gasteiger partial charge < -0.3 is 10.4 Å². The van der Waals surface area contributed by atoms with Crippen molar-refractivity contribution in [1.82, 2.24) is 0 Å². The summed E-state index contributed by atoms with van der Waals surface area (Å²) in [7, 11) is 0. The van der Waals surface area contributed by atoms with E-state index in [2.05, 4.69) is 42.2 Å². The van der Waals surface area contributed by atoms with Crippen LogP contribution in [-0.2, 0) is 0 Å². The van der Waals surface area contributed by atoms with Crippen molar-refractivity contribution >= 4 is 54.8 Å². The molecule has 0 radical (unpaired) electrons. The Hall–Kier alpha value is -1.37. The summed E-state index contributed by atoms with van der Waals surface area (Å²) in [4.78, 5) is 0. The third-order valence-electron chi connectivity index (χ3n) is 2.90. The van der Waals surface area contributed by atoms with Crippen molar-refractivity contribution in [2.24, 2.45) is 10.3 Å². The predicted octanol–water partition coefficient (Wildman–Crippen LogP) is 5.70. The van der Waals surface area contributed by atoms with Gasteiger partial charge in [-0.1, -0.05) is 78.0 Å². The maximum atomic E-state index is 8.39. The third kappa shape index (κ3) is 6.33. The van der Waals surface area contributed by atoms with E-state index in [0.29, 0.717) is 5.56 Å². The normalized spacial score (nSPS) is 11.3. The van der Waals surface area contributed by atoms with Crippen LogP contribution < -0.4 is 0 Å². The molecule has 2 aromatic carbocycles. The number of rotatable bonds is 2. The maximum absolute atomic E-state index is 8.39. The van der Waals surface area contributed by atoms with Gasteiger partial charge in [0, 0.05) is 14.5 Å². The Morgan fingerprint density at radius 3 is 2.04 bits per heavy atom. The first-order chi connectivity index (χ1) is 10.9. The van der Waals surface area contributed by atoms with Gasteiger partial charge in [-0.05, 0) is 42.7 Å². The molecule has 7 heteroatoms. The van der Waals surface area contributed by atoms with Crippen LogP contribution in [0.4, 0.5) is 0 Å². The lowest BCUT2D eigenvalue weighted by molar-refractivity contribution is 0.321. The van der Waals surface area contributed by atoms with Gasteiger partial charge in [0.05, 0.1) is 6.21 Å². The molecule has 0 aromatic heterocycles. The van der Waals surface area contributed by atoms with Gasteiger partial charge >= 0.3 is 0 Å². The van der Waals surface area contributed by atoms with Crippen LogP contribution in [0.2, 0.25) is 0 Å². The Morgan fingerprint density at radius 1 is 1.00 bits per heavy atom. The molecule has 0 unspecified atom stereocenters. The van der Waals surface area contributed by atoms with Crippen LogP contribution in [0.25, 0.3) is 0 Å². The minimum atomic E-state index is 0.0932. The molecule has 2 rings (SSSR count). The molecule has 0 spiro atoms. The molecule has 0 aliphatic rings. The van der Waals surface area contributed by atoms with E-state index in [9.17, 15) is 0 Å². The monoisotopic (exact) mass is 460 g/mol. The van der Waals surface area contributed by atoms with Crippen LogP contribution in [0.5, 0.6) is 0 Å². The van der Waals surface area contributed by atoms with E-state index >= 15 is 0 Å². The van der Waals surface area contributed by atoms with Crippen molar-refractivity contribution in [1.29, 1.82) is 0 Å². The summed E-state index contributed by atoms with van der Waals surface area (Å²) < 4.78 is 1.97. The summed E-state index contributed by atoms with van der Waals surface area (Å²) in [6, 6.07) is 11.2. The second-order valence-electron chi connectivity index (χ2n) is 4.61. The van der Waals surface area contributed by atoms with Gasteiger partial charge in [0.25, 0.3) is 0 Å². The molecule has 0 aliphatic heterocycles. The van der Waals surface area contributed by atoms with Crippen LogP contribution in [-0.4, -0.2) is 21.8 Å². The highest BCUT2D eigenvalue weighted by Crippen LogP contribution is 2.18. The Balaban J connectivity index is 0.000000231. The van der Waals surface area contributed by atoms with E-state index < -0.39 is 0 Å². The standard InChI is InChI=1S/C8H7BrClNO.C8H8BrNO/c1-5-2-3-6(4-7(5)9)8(10)11-12;1-6-2-3-7(5-10-11)4-8(6)9/h2-4,12H,1H3;2-5,11H,1H3/b11-8-;10-5+. The van der Waals surface area contributed by atoms with E-state index in [1.807, 2.05) is 38.1 Å². The summed E-state index contributed by atoms with van der Waals surface area (Å²) in [5.74, 6) is 0. The molecule has 23 heavy (non-hydrogen) atoms. The van der Waals surface area contributed by atoms with E-state index in [1.54, 1.807) is 12.1 Å². The fourth-order valence-corrected chi connectivity index (χ4v) is 2.43. The lowest BCUT2D eigenvalue weighted by atomic mass is 10.2. The zero-order valence-corrected chi connectivity index (χ0v) is 16.4. The van der Waals surface area contributed by atoms with Gasteiger partial charge in [-0.2, -0.15) is 0 Å². The number of oxime groups is 2. The molecule has 0 saturated carbocycles. The molecule has 122 valence electrons. The quantitative estimate of drug-likeness (QED) is 0.342. The first-order valence-corrected chi connectivity index (χ1v) is 8.43. The van der Waals surface area contributed by atoms with E-state index in [4.69, 9.17) is 22.0 Å². The Kier molecular flexibility index (Phi) is 8.30. The van der Waals surface area contributed by atoms with Gasteiger partial charge in [-0.3, -0.25) is 0 Å². The van der Waals surface area contributed by atoms with Crippen LogP contribution in [0.15, 0.2) is 55.7 Å². The van der Waals surface area contributed by atoms with Crippen molar-refractivity contribution in [3.63, 3.8) is 0 Å². The number of benzene rings is 2. The van der Waals surface area contributed by atoms with Gasteiger partial charge in [-0.15, -0.1) is 0 Å². The predicted molar refractivity (Wildman–Crippen MR) is 101 cm³/mol. The molecule has 2 N–H and O–H groups in total. The highest BCUT2D eigenvalue weighted by Gasteiger charge is 2.02. The molecule has 0 aliphatic carbocycles. The molecule has 0 fully saturated rings. The number of halogens is 3. The molecule has 0 atom stereocenters. The Morgan fingerprint density at radius 2 is 1.57 bits per heavy atom. The molecular formula is C16H15Br2ClN2O2. The summed E-state index contributed by atoms with van der Waals surface area (Å²) in [6.45, 7) is 3.97. The topological polar surface area (TPSA) is 65.2 Å². The molecular weight excluding hydrogens is 447 g/mol. The number of aryl methyl sites for hydroxylation is 2. The molecule has 0 heterocycles. The fraction of sp³-hybridized carbons (Fsp3) is 0.125. The fourth-order valence-electron chi connectivity index (χ4n) is 1.53. The van der Waals surface area contributed by atoms with Gasteiger partial charge in [-0.25, -0.2) is 0 Å². The third-order valence-corrected chi connectivity index (χ3v) is 4.90. The molecule has 4 nitrogen and oxygen atoms in total.